The van der Waals surface area contributed by atoms with Gasteiger partial charge in [0.25, 0.3) is 5.91 Å². The largest absolute Gasteiger partial charge is 0.507 e. The summed E-state index contributed by atoms with van der Waals surface area (Å²) in [6.45, 7) is -0.0330. The number of hydrogen-bond acceptors (Lipinski definition) is 5. The Kier molecular flexibility index (Phi) is 7.97. The van der Waals surface area contributed by atoms with Gasteiger partial charge in [-0.3, -0.25) is 4.79 Å². The highest BCUT2D eigenvalue weighted by molar-refractivity contribution is 5.95. The minimum Gasteiger partial charge on any atom is -0.507 e. The van der Waals surface area contributed by atoms with Crippen LogP contribution in [0.1, 0.15) is 33.2 Å². The van der Waals surface area contributed by atoms with Gasteiger partial charge in [0, 0.05) is 12.1 Å². The molecule has 0 aliphatic rings. The van der Waals surface area contributed by atoms with Crippen molar-refractivity contribution in [2.75, 3.05) is 19.7 Å². The second-order valence-electron chi connectivity index (χ2n) is 7.62. The Morgan fingerprint density at radius 2 is 1.82 bits per heavy atom. The highest BCUT2D eigenvalue weighted by Gasteiger charge is 2.32. The van der Waals surface area contributed by atoms with Crippen LogP contribution in [0.25, 0.3) is 0 Å². The van der Waals surface area contributed by atoms with E-state index < -0.39 is 24.5 Å². The van der Waals surface area contributed by atoms with Crippen molar-refractivity contribution in [2.45, 2.75) is 18.4 Å². The van der Waals surface area contributed by atoms with Crippen LogP contribution in [-0.4, -0.2) is 35.8 Å². The Morgan fingerprint density at radius 3 is 2.55 bits per heavy atom. The maximum absolute atomic E-state index is 14.3. The fourth-order valence-electron chi connectivity index (χ4n) is 3.28. The monoisotopic (exact) mass is 456 g/mol. The van der Waals surface area contributed by atoms with Crippen LogP contribution in [-0.2, 0) is 12.3 Å². The lowest BCUT2D eigenvalue weighted by molar-refractivity contribution is -0.0467. The Bertz CT molecular complexity index is 1080. The van der Waals surface area contributed by atoms with Gasteiger partial charge in [0.05, 0.1) is 11.7 Å². The number of hydrogen-bond donors (Lipinski definition) is 4. The van der Waals surface area contributed by atoms with E-state index in [0.29, 0.717) is 24.3 Å². The molecule has 0 aliphatic heterocycles. The van der Waals surface area contributed by atoms with Crippen molar-refractivity contribution in [2.24, 2.45) is 5.73 Å². The molecule has 33 heavy (non-hydrogen) atoms. The van der Waals surface area contributed by atoms with E-state index in [4.69, 9.17) is 10.5 Å². The summed E-state index contributed by atoms with van der Waals surface area (Å²) in [4.78, 5) is 11.3. The molecule has 1 unspecified atom stereocenters. The molecule has 5 N–H and O–H groups in total. The Hall–Kier alpha value is -3.49. The minimum atomic E-state index is -3.10. The molecular weight excluding hydrogens is 430 g/mol. The Labute approximate surface area is 190 Å². The first kappa shape index (κ1) is 24.2. The molecule has 0 fully saturated rings. The van der Waals surface area contributed by atoms with E-state index in [2.05, 4.69) is 5.32 Å². The average molecular weight is 456 g/mol. The number of phenols is 1. The molecule has 6 nitrogen and oxygen atoms in total. The van der Waals surface area contributed by atoms with Gasteiger partial charge >= 0.3 is 5.92 Å². The number of rotatable bonds is 11. The van der Waals surface area contributed by atoms with Gasteiger partial charge in [-0.15, -0.1) is 0 Å². The molecule has 0 spiro atoms. The van der Waals surface area contributed by atoms with Gasteiger partial charge in [0.1, 0.15) is 11.5 Å². The molecule has 1 atom stereocenters. The van der Waals surface area contributed by atoms with E-state index >= 15 is 0 Å². The third-order valence-corrected chi connectivity index (χ3v) is 5.11. The SMILES string of the molecule is NC(=O)c1cc(C(O)CNCCc2cccc(OCC(F)(F)c3ccccc3)c2)ccc1O. The summed E-state index contributed by atoms with van der Waals surface area (Å²) < 4.78 is 33.9. The van der Waals surface area contributed by atoms with Crippen LogP contribution in [0.2, 0.25) is 0 Å². The van der Waals surface area contributed by atoms with Crippen LogP contribution >= 0.6 is 0 Å². The van der Waals surface area contributed by atoms with Gasteiger partial charge in [-0.05, 0) is 48.4 Å². The van der Waals surface area contributed by atoms with Gasteiger partial charge < -0.3 is 26.0 Å². The lowest BCUT2D eigenvalue weighted by atomic mass is 10.0. The van der Waals surface area contributed by atoms with Crippen molar-refractivity contribution in [3.63, 3.8) is 0 Å². The number of nitrogens with one attached hydrogen (secondary N) is 1. The van der Waals surface area contributed by atoms with E-state index in [1.807, 2.05) is 6.07 Å². The predicted molar refractivity (Wildman–Crippen MR) is 120 cm³/mol. The first-order valence-corrected chi connectivity index (χ1v) is 10.4. The second-order valence-corrected chi connectivity index (χ2v) is 7.62. The first-order chi connectivity index (χ1) is 15.8. The van der Waals surface area contributed by atoms with Crippen molar-refractivity contribution in [1.82, 2.24) is 5.32 Å². The summed E-state index contributed by atoms with van der Waals surface area (Å²) in [5.41, 5.74) is 6.39. The first-order valence-electron chi connectivity index (χ1n) is 10.4. The van der Waals surface area contributed by atoms with Crippen molar-refractivity contribution < 1.29 is 28.5 Å². The van der Waals surface area contributed by atoms with Gasteiger partial charge in [-0.1, -0.05) is 48.5 Å². The lowest BCUT2D eigenvalue weighted by Crippen LogP contribution is -2.24. The van der Waals surface area contributed by atoms with Crippen molar-refractivity contribution in [3.05, 3.63) is 95.1 Å². The molecule has 0 heterocycles. The second kappa shape index (κ2) is 10.9. The number of aliphatic hydroxyl groups is 1. The number of primary amides is 1. The molecular formula is C25H26F2N2O4. The smallest absolute Gasteiger partial charge is 0.306 e. The molecule has 0 saturated carbocycles. The van der Waals surface area contributed by atoms with E-state index in [1.54, 1.807) is 36.4 Å². The van der Waals surface area contributed by atoms with Crippen LogP contribution in [0, 0.1) is 0 Å². The fraction of sp³-hybridized carbons (Fsp3) is 0.240. The normalized spacial score (nSPS) is 12.3. The number of carbonyl (C=O) groups excluding carboxylic acids is 1. The average Bonchev–Trinajstić information content (AvgIpc) is 2.81. The summed E-state index contributed by atoms with van der Waals surface area (Å²) in [6.07, 6.45) is -0.320. The van der Waals surface area contributed by atoms with Crippen LogP contribution in [0.15, 0.2) is 72.8 Å². The Balaban J connectivity index is 1.48. The number of ether oxygens (including phenoxy) is 1. The number of aromatic hydroxyl groups is 1. The van der Waals surface area contributed by atoms with Gasteiger partial charge in [0.2, 0.25) is 0 Å². The number of halogens is 2. The zero-order chi connectivity index (χ0) is 23.8. The number of carbonyl (C=O) groups is 1. The number of alkyl halides is 2. The predicted octanol–water partition coefficient (Wildman–Crippen LogP) is 3.53. The lowest BCUT2D eigenvalue weighted by Gasteiger charge is -2.18. The fourth-order valence-corrected chi connectivity index (χ4v) is 3.28. The van der Waals surface area contributed by atoms with E-state index in [0.717, 1.165) is 5.56 Å². The van der Waals surface area contributed by atoms with E-state index in [9.17, 15) is 23.8 Å². The number of aliphatic hydroxyl groups excluding tert-OH is 1. The third kappa shape index (κ3) is 6.74. The minimum absolute atomic E-state index is 0.0544. The molecule has 3 aromatic rings. The Morgan fingerprint density at radius 1 is 1.06 bits per heavy atom. The van der Waals surface area contributed by atoms with Crippen LogP contribution in [0.5, 0.6) is 11.5 Å². The van der Waals surface area contributed by atoms with Crippen molar-refractivity contribution >= 4 is 5.91 Å². The van der Waals surface area contributed by atoms with Gasteiger partial charge in [-0.25, -0.2) is 0 Å². The highest BCUT2D eigenvalue weighted by atomic mass is 19.3. The molecule has 0 radical (unpaired) electrons. The van der Waals surface area contributed by atoms with E-state index in [-0.39, 0.29) is 23.4 Å². The van der Waals surface area contributed by atoms with Crippen molar-refractivity contribution in [3.8, 4) is 11.5 Å². The molecule has 0 bridgehead atoms. The number of benzene rings is 3. The summed E-state index contributed by atoms with van der Waals surface area (Å²) in [5.74, 6) is -3.77. The topological polar surface area (TPSA) is 105 Å². The molecule has 8 heteroatoms. The summed E-state index contributed by atoms with van der Waals surface area (Å²) in [5, 5.41) is 23.1. The van der Waals surface area contributed by atoms with Gasteiger partial charge in [0.15, 0.2) is 6.61 Å². The quantitative estimate of drug-likeness (QED) is 0.331. The van der Waals surface area contributed by atoms with Gasteiger partial charge in [-0.2, -0.15) is 8.78 Å². The molecule has 0 saturated heterocycles. The number of nitrogens with two attached hydrogens (primary N) is 1. The molecule has 1 amide bonds. The van der Waals surface area contributed by atoms with Crippen LogP contribution in [0.3, 0.4) is 0 Å². The zero-order valence-electron chi connectivity index (χ0n) is 17.9. The zero-order valence-corrected chi connectivity index (χ0v) is 17.9. The molecule has 0 aromatic heterocycles. The summed E-state index contributed by atoms with van der Waals surface area (Å²) >= 11 is 0. The molecule has 0 aliphatic carbocycles. The van der Waals surface area contributed by atoms with Crippen LogP contribution in [0.4, 0.5) is 8.78 Å². The highest BCUT2D eigenvalue weighted by Crippen LogP contribution is 2.29. The summed E-state index contributed by atoms with van der Waals surface area (Å²) in [7, 11) is 0. The standard InChI is InChI=1S/C25H26F2N2O4/c26-25(27,19-6-2-1-3-7-19)16-33-20-8-4-5-17(13-20)11-12-29-15-23(31)18-9-10-22(30)21(14-18)24(28)32/h1-10,13-14,23,29-31H,11-12,15-16H2,(H2,28,32). The van der Waals surface area contributed by atoms with Crippen molar-refractivity contribution in [1.29, 1.82) is 0 Å². The molecule has 3 rings (SSSR count). The molecule has 174 valence electrons. The van der Waals surface area contributed by atoms with Crippen LogP contribution < -0.4 is 15.8 Å². The maximum Gasteiger partial charge on any atom is 0.306 e. The summed E-state index contributed by atoms with van der Waals surface area (Å²) in [6, 6.07) is 18.7. The third-order valence-electron chi connectivity index (χ3n) is 5.11. The maximum atomic E-state index is 14.3. The van der Waals surface area contributed by atoms with E-state index in [1.165, 1.54) is 30.3 Å². The molecule has 3 aromatic carbocycles. The number of amides is 1.